The molecule has 0 aromatic rings. The van der Waals surface area contributed by atoms with E-state index in [-0.39, 0.29) is 6.10 Å². The van der Waals surface area contributed by atoms with Crippen molar-refractivity contribution in [3.05, 3.63) is 0 Å². The Morgan fingerprint density at radius 1 is 1.13 bits per heavy atom. The second kappa shape index (κ2) is 5.23. The monoisotopic (exact) mass is 220 g/mol. The highest BCUT2D eigenvalue weighted by Crippen LogP contribution is 2.24. The third kappa shape index (κ3) is 2.89. The smallest absolute Gasteiger partial charge is 0.186 e. The van der Waals surface area contributed by atoms with Crippen molar-refractivity contribution in [2.45, 2.75) is 64.0 Å². The Labute approximate surface area is 89.6 Å². The Hall–Kier alpha value is -0.200. The van der Waals surface area contributed by atoms with Crippen LogP contribution in [-0.4, -0.2) is 52.1 Å². The van der Waals surface area contributed by atoms with Gasteiger partial charge in [-0.1, -0.05) is 6.92 Å². The highest BCUT2D eigenvalue weighted by Gasteiger charge is 2.43. The molecule has 15 heavy (non-hydrogen) atoms. The number of hydrogen-bond acceptors (Lipinski definition) is 5. The second-order valence-corrected chi connectivity index (χ2v) is 4.11. The van der Waals surface area contributed by atoms with Crippen LogP contribution in [0.1, 0.15) is 27.2 Å². The summed E-state index contributed by atoms with van der Waals surface area (Å²) < 4.78 is 10.7. The standard InChI is InChI=1S/C10H20O5/c1-4-6-7(11)8(12)9(13)10(15-6)14-5(2)3/h5-13H,4H2,1-3H3/t6-,7-,8+,9-,10?/m1/s1. The number of rotatable bonds is 3. The van der Waals surface area contributed by atoms with Crippen molar-refractivity contribution in [1.82, 2.24) is 0 Å². The van der Waals surface area contributed by atoms with Gasteiger partial charge < -0.3 is 24.8 Å². The number of hydrogen-bond donors (Lipinski definition) is 3. The van der Waals surface area contributed by atoms with Gasteiger partial charge in [0, 0.05) is 0 Å². The molecule has 1 heterocycles. The summed E-state index contributed by atoms with van der Waals surface area (Å²) in [4.78, 5) is 0. The van der Waals surface area contributed by atoms with Crippen LogP contribution in [0.15, 0.2) is 0 Å². The fourth-order valence-corrected chi connectivity index (χ4v) is 1.63. The van der Waals surface area contributed by atoms with E-state index in [0.29, 0.717) is 6.42 Å². The SMILES string of the molecule is CC[C@H]1OC(OC(C)C)[C@H](O)[C@@H](O)[C@@H]1O. The molecule has 90 valence electrons. The Bertz CT molecular complexity index is 194. The minimum absolute atomic E-state index is 0.107. The Morgan fingerprint density at radius 3 is 2.20 bits per heavy atom. The van der Waals surface area contributed by atoms with E-state index in [9.17, 15) is 15.3 Å². The molecule has 0 aromatic carbocycles. The van der Waals surface area contributed by atoms with Crippen molar-refractivity contribution in [2.75, 3.05) is 0 Å². The zero-order valence-corrected chi connectivity index (χ0v) is 9.33. The van der Waals surface area contributed by atoms with Crippen LogP contribution in [0.3, 0.4) is 0 Å². The molecule has 3 N–H and O–H groups in total. The summed E-state index contributed by atoms with van der Waals surface area (Å²) in [7, 11) is 0. The molecule has 0 radical (unpaired) electrons. The van der Waals surface area contributed by atoms with Gasteiger partial charge in [0.25, 0.3) is 0 Å². The van der Waals surface area contributed by atoms with E-state index in [0.717, 1.165) is 0 Å². The number of ether oxygens (including phenoxy) is 2. The third-order valence-corrected chi connectivity index (χ3v) is 2.48. The highest BCUT2D eigenvalue weighted by molar-refractivity contribution is 4.88. The molecule has 1 aliphatic heterocycles. The van der Waals surface area contributed by atoms with Crippen LogP contribution in [-0.2, 0) is 9.47 Å². The first-order valence-corrected chi connectivity index (χ1v) is 5.32. The molecule has 0 aromatic heterocycles. The Morgan fingerprint density at radius 2 is 1.73 bits per heavy atom. The summed E-state index contributed by atoms with van der Waals surface area (Å²) in [5, 5.41) is 28.8. The van der Waals surface area contributed by atoms with Crippen molar-refractivity contribution >= 4 is 0 Å². The van der Waals surface area contributed by atoms with Crippen molar-refractivity contribution in [3.8, 4) is 0 Å². The lowest BCUT2D eigenvalue weighted by atomic mass is 9.97. The average Bonchev–Trinajstić information content (AvgIpc) is 2.18. The molecule has 0 bridgehead atoms. The number of aliphatic hydroxyl groups excluding tert-OH is 3. The molecule has 0 aliphatic carbocycles. The largest absolute Gasteiger partial charge is 0.388 e. The zero-order valence-electron chi connectivity index (χ0n) is 9.33. The van der Waals surface area contributed by atoms with Gasteiger partial charge in [-0.15, -0.1) is 0 Å². The van der Waals surface area contributed by atoms with Gasteiger partial charge in [0.2, 0.25) is 0 Å². The van der Waals surface area contributed by atoms with E-state index in [1.165, 1.54) is 0 Å². The maximum absolute atomic E-state index is 9.61. The van der Waals surface area contributed by atoms with E-state index in [1.807, 2.05) is 20.8 Å². The van der Waals surface area contributed by atoms with Gasteiger partial charge in [0.1, 0.15) is 18.3 Å². The summed E-state index contributed by atoms with van der Waals surface area (Å²) in [5.74, 6) is 0. The first-order valence-electron chi connectivity index (χ1n) is 5.32. The fourth-order valence-electron chi connectivity index (χ4n) is 1.63. The predicted octanol–water partition coefficient (Wildman–Crippen LogP) is -0.371. The van der Waals surface area contributed by atoms with Crippen LogP contribution < -0.4 is 0 Å². The van der Waals surface area contributed by atoms with Crippen LogP contribution in [0.25, 0.3) is 0 Å². The molecular weight excluding hydrogens is 200 g/mol. The molecular formula is C10H20O5. The summed E-state index contributed by atoms with van der Waals surface area (Å²) in [6.45, 7) is 5.47. The molecule has 1 fully saturated rings. The van der Waals surface area contributed by atoms with Crippen molar-refractivity contribution < 1.29 is 24.8 Å². The van der Waals surface area contributed by atoms with Crippen molar-refractivity contribution in [1.29, 1.82) is 0 Å². The lowest BCUT2D eigenvalue weighted by molar-refractivity contribution is -0.304. The molecule has 5 heteroatoms. The average molecular weight is 220 g/mol. The first-order chi connectivity index (χ1) is 6.97. The van der Waals surface area contributed by atoms with E-state index in [4.69, 9.17) is 9.47 Å². The summed E-state index contributed by atoms with van der Waals surface area (Å²) in [5.41, 5.74) is 0. The van der Waals surface area contributed by atoms with Crippen LogP contribution in [0, 0.1) is 0 Å². The van der Waals surface area contributed by atoms with E-state index >= 15 is 0 Å². The van der Waals surface area contributed by atoms with Gasteiger partial charge in [-0.25, -0.2) is 0 Å². The van der Waals surface area contributed by atoms with E-state index < -0.39 is 30.7 Å². The van der Waals surface area contributed by atoms with Gasteiger partial charge in [-0.3, -0.25) is 0 Å². The van der Waals surface area contributed by atoms with Crippen molar-refractivity contribution in [3.63, 3.8) is 0 Å². The molecule has 0 saturated carbocycles. The first kappa shape index (κ1) is 12.9. The lowest BCUT2D eigenvalue weighted by Gasteiger charge is -2.40. The molecule has 1 saturated heterocycles. The molecule has 5 nitrogen and oxygen atoms in total. The Balaban J connectivity index is 2.65. The second-order valence-electron chi connectivity index (χ2n) is 4.11. The zero-order chi connectivity index (χ0) is 11.6. The third-order valence-electron chi connectivity index (χ3n) is 2.48. The Kier molecular flexibility index (Phi) is 4.48. The molecule has 1 rings (SSSR count). The maximum atomic E-state index is 9.61. The lowest BCUT2D eigenvalue weighted by Crippen LogP contribution is -2.58. The van der Waals surface area contributed by atoms with Gasteiger partial charge in [0.15, 0.2) is 6.29 Å². The summed E-state index contributed by atoms with van der Waals surface area (Å²) >= 11 is 0. The minimum atomic E-state index is -1.22. The van der Waals surface area contributed by atoms with E-state index in [2.05, 4.69) is 0 Å². The van der Waals surface area contributed by atoms with Gasteiger partial charge >= 0.3 is 0 Å². The van der Waals surface area contributed by atoms with Crippen LogP contribution in [0.2, 0.25) is 0 Å². The predicted molar refractivity (Wildman–Crippen MR) is 53.2 cm³/mol. The van der Waals surface area contributed by atoms with Crippen LogP contribution >= 0.6 is 0 Å². The highest BCUT2D eigenvalue weighted by atomic mass is 16.7. The van der Waals surface area contributed by atoms with Crippen molar-refractivity contribution in [2.24, 2.45) is 0 Å². The molecule has 1 unspecified atom stereocenters. The number of aliphatic hydroxyl groups is 3. The molecule has 0 amide bonds. The maximum Gasteiger partial charge on any atom is 0.186 e. The molecule has 0 spiro atoms. The minimum Gasteiger partial charge on any atom is -0.388 e. The summed E-state index contributed by atoms with van der Waals surface area (Å²) in [6.07, 6.45) is -4.39. The van der Waals surface area contributed by atoms with Crippen LogP contribution in [0.5, 0.6) is 0 Å². The van der Waals surface area contributed by atoms with Gasteiger partial charge in [0.05, 0.1) is 12.2 Å². The topological polar surface area (TPSA) is 79.2 Å². The van der Waals surface area contributed by atoms with E-state index in [1.54, 1.807) is 0 Å². The fraction of sp³-hybridized carbons (Fsp3) is 1.00. The quantitative estimate of drug-likeness (QED) is 0.604. The molecule has 1 aliphatic rings. The normalized spacial score (nSPS) is 42.2. The molecule has 5 atom stereocenters. The summed E-state index contributed by atoms with van der Waals surface area (Å²) in [6, 6.07) is 0. The van der Waals surface area contributed by atoms with Crippen LogP contribution in [0.4, 0.5) is 0 Å². The van der Waals surface area contributed by atoms with Gasteiger partial charge in [-0.05, 0) is 20.3 Å². The van der Waals surface area contributed by atoms with Gasteiger partial charge in [-0.2, -0.15) is 0 Å².